The average Bonchev–Trinajstić information content (AvgIpc) is 2.34. The van der Waals surface area contributed by atoms with Gasteiger partial charge in [-0.05, 0) is 37.0 Å². The van der Waals surface area contributed by atoms with Crippen molar-refractivity contribution in [1.29, 1.82) is 0 Å². The third-order valence-corrected chi connectivity index (χ3v) is 4.29. The highest BCUT2D eigenvalue weighted by molar-refractivity contribution is 5.77. The fraction of sp³-hybridized carbons (Fsp3) is 0.938. The minimum Gasteiger partial charge on any atom is -0.378 e. The quantitative estimate of drug-likeness (QED) is 0.636. The first kappa shape index (κ1) is 15.7. The number of Topliss-reactive ketones (excluding diaryl/α,β-unsaturated/α-hetero) is 1. The molecule has 3 atom stereocenters. The van der Waals surface area contributed by atoms with Gasteiger partial charge in [-0.3, -0.25) is 4.79 Å². The Morgan fingerprint density at radius 2 is 2.06 bits per heavy atom. The number of ketones is 1. The molecule has 0 saturated heterocycles. The number of hydrogen-bond donors (Lipinski definition) is 0. The van der Waals surface area contributed by atoms with Crippen molar-refractivity contribution in [1.82, 2.24) is 0 Å². The highest BCUT2D eigenvalue weighted by Gasteiger charge is 2.31. The molecule has 0 aromatic carbocycles. The standard InChI is InChI=1S/C16H30O2/c1-5-14(17)7-6-10-18-16-11-13(4)8-9-15(16)12(2)3/h12-13,15-16H,5-11H2,1-4H3. The molecule has 0 spiro atoms. The molecule has 0 radical (unpaired) electrons. The van der Waals surface area contributed by atoms with Gasteiger partial charge in [0.2, 0.25) is 0 Å². The van der Waals surface area contributed by atoms with Crippen molar-refractivity contribution in [2.75, 3.05) is 6.61 Å². The van der Waals surface area contributed by atoms with Gasteiger partial charge in [0.05, 0.1) is 6.10 Å². The summed E-state index contributed by atoms with van der Waals surface area (Å²) < 4.78 is 6.07. The Kier molecular flexibility index (Phi) is 6.91. The Bertz CT molecular complexity index is 247. The Morgan fingerprint density at radius 3 is 2.67 bits per heavy atom. The molecule has 18 heavy (non-hydrogen) atoms. The summed E-state index contributed by atoms with van der Waals surface area (Å²) in [7, 11) is 0. The summed E-state index contributed by atoms with van der Waals surface area (Å²) in [6.07, 6.45) is 6.51. The largest absolute Gasteiger partial charge is 0.378 e. The van der Waals surface area contributed by atoms with Crippen LogP contribution in [0.3, 0.4) is 0 Å². The van der Waals surface area contributed by atoms with E-state index in [0.29, 0.717) is 36.6 Å². The molecule has 0 bridgehead atoms. The molecule has 3 unspecified atom stereocenters. The van der Waals surface area contributed by atoms with Crippen LogP contribution >= 0.6 is 0 Å². The molecule has 0 aromatic rings. The molecule has 0 aromatic heterocycles. The molecular formula is C16H30O2. The predicted octanol–water partition coefficient (Wildman–Crippen LogP) is 4.22. The molecule has 0 heterocycles. The molecular weight excluding hydrogens is 224 g/mol. The zero-order valence-corrected chi connectivity index (χ0v) is 12.6. The van der Waals surface area contributed by atoms with Crippen LogP contribution in [0, 0.1) is 17.8 Å². The Morgan fingerprint density at radius 1 is 1.33 bits per heavy atom. The van der Waals surface area contributed by atoms with Crippen LogP contribution in [-0.2, 0) is 9.53 Å². The van der Waals surface area contributed by atoms with Crippen molar-refractivity contribution in [3.63, 3.8) is 0 Å². The van der Waals surface area contributed by atoms with Crippen LogP contribution in [0.15, 0.2) is 0 Å². The summed E-state index contributed by atoms with van der Waals surface area (Å²) in [4.78, 5) is 11.2. The maximum Gasteiger partial charge on any atom is 0.132 e. The van der Waals surface area contributed by atoms with Crippen molar-refractivity contribution >= 4 is 5.78 Å². The summed E-state index contributed by atoms with van der Waals surface area (Å²) >= 11 is 0. The molecule has 2 heteroatoms. The monoisotopic (exact) mass is 254 g/mol. The normalized spacial score (nSPS) is 28.6. The lowest BCUT2D eigenvalue weighted by atomic mass is 9.75. The second-order valence-corrected chi connectivity index (χ2v) is 6.23. The van der Waals surface area contributed by atoms with Crippen molar-refractivity contribution < 1.29 is 9.53 Å². The molecule has 0 aliphatic heterocycles. The maximum absolute atomic E-state index is 11.2. The molecule has 2 nitrogen and oxygen atoms in total. The summed E-state index contributed by atoms with van der Waals surface area (Å²) in [5.41, 5.74) is 0. The van der Waals surface area contributed by atoms with Crippen LogP contribution < -0.4 is 0 Å². The van der Waals surface area contributed by atoms with Gasteiger partial charge in [0.25, 0.3) is 0 Å². The third kappa shape index (κ3) is 5.09. The van der Waals surface area contributed by atoms with Gasteiger partial charge in [-0.25, -0.2) is 0 Å². The first-order valence-electron chi connectivity index (χ1n) is 7.67. The van der Waals surface area contributed by atoms with E-state index in [1.165, 1.54) is 19.3 Å². The van der Waals surface area contributed by atoms with E-state index >= 15 is 0 Å². The van der Waals surface area contributed by atoms with Crippen LogP contribution in [0.2, 0.25) is 0 Å². The van der Waals surface area contributed by atoms with Gasteiger partial charge in [0.1, 0.15) is 5.78 Å². The van der Waals surface area contributed by atoms with Gasteiger partial charge in [0.15, 0.2) is 0 Å². The van der Waals surface area contributed by atoms with E-state index in [2.05, 4.69) is 20.8 Å². The molecule has 1 rings (SSSR count). The van der Waals surface area contributed by atoms with Crippen LogP contribution in [0.4, 0.5) is 0 Å². The van der Waals surface area contributed by atoms with E-state index in [1.54, 1.807) is 0 Å². The number of hydrogen-bond acceptors (Lipinski definition) is 2. The van der Waals surface area contributed by atoms with Crippen molar-refractivity contribution in [2.45, 2.75) is 72.3 Å². The number of carbonyl (C=O) groups is 1. The maximum atomic E-state index is 11.2. The van der Waals surface area contributed by atoms with E-state index in [9.17, 15) is 4.79 Å². The van der Waals surface area contributed by atoms with Gasteiger partial charge in [0, 0.05) is 19.4 Å². The predicted molar refractivity (Wildman–Crippen MR) is 75.6 cm³/mol. The molecule has 1 fully saturated rings. The highest BCUT2D eigenvalue weighted by Crippen LogP contribution is 2.35. The fourth-order valence-corrected chi connectivity index (χ4v) is 2.99. The van der Waals surface area contributed by atoms with Gasteiger partial charge in [-0.1, -0.05) is 34.1 Å². The van der Waals surface area contributed by atoms with E-state index < -0.39 is 0 Å². The average molecular weight is 254 g/mol. The first-order chi connectivity index (χ1) is 8.54. The summed E-state index contributed by atoms with van der Waals surface area (Å²) in [5.74, 6) is 2.57. The van der Waals surface area contributed by atoms with Gasteiger partial charge in [-0.15, -0.1) is 0 Å². The minimum atomic E-state index is 0.357. The highest BCUT2D eigenvalue weighted by atomic mass is 16.5. The molecule has 1 saturated carbocycles. The zero-order valence-electron chi connectivity index (χ0n) is 12.6. The lowest BCUT2D eigenvalue weighted by molar-refractivity contribution is -0.119. The molecule has 0 N–H and O–H groups in total. The second kappa shape index (κ2) is 7.93. The molecule has 1 aliphatic rings. The van der Waals surface area contributed by atoms with E-state index in [4.69, 9.17) is 4.74 Å². The smallest absolute Gasteiger partial charge is 0.132 e. The van der Waals surface area contributed by atoms with E-state index in [-0.39, 0.29) is 0 Å². The summed E-state index contributed by atoms with van der Waals surface area (Å²) in [6.45, 7) is 9.62. The third-order valence-electron chi connectivity index (χ3n) is 4.29. The summed E-state index contributed by atoms with van der Waals surface area (Å²) in [5, 5.41) is 0. The van der Waals surface area contributed by atoms with Gasteiger partial charge < -0.3 is 4.74 Å². The van der Waals surface area contributed by atoms with Crippen molar-refractivity contribution in [2.24, 2.45) is 17.8 Å². The minimum absolute atomic E-state index is 0.357. The van der Waals surface area contributed by atoms with Crippen LogP contribution in [0.25, 0.3) is 0 Å². The number of ether oxygens (including phenoxy) is 1. The van der Waals surface area contributed by atoms with E-state index in [1.807, 2.05) is 6.92 Å². The van der Waals surface area contributed by atoms with Gasteiger partial charge in [-0.2, -0.15) is 0 Å². The van der Waals surface area contributed by atoms with Crippen molar-refractivity contribution in [3.05, 3.63) is 0 Å². The fourth-order valence-electron chi connectivity index (χ4n) is 2.99. The lowest BCUT2D eigenvalue weighted by Gasteiger charge is -2.37. The summed E-state index contributed by atoms with van der Waals surface area (Å²) in [6, 6.07) is 0. The second-order valence-electron chi connectivity index (χ2n) is 6.23. The van der Waals surface area contributed by atoms with Crippen LogP contribution in [0.5, 0.6) is 0 Å². The molecule has 0 amide bonds. The van der Waals surface area contributed by atoms with Crippen molar-refractivity contribution in [3.8, 4) is 0 Å². The lowest BCUT2D eigenvalue weighted by Crippen LogP contribution is -2.34. The number of carbonyl (C=O) groups excluding carboxylic acids is 1. The van der Waals surface area contributed by atoms with Gasteiger partial charge >= 0.3 is 0 Å². The Balaban J connectivity index is 2.30. The molecule has 1 aliphatic carbocycles. The number of rotatable bonds is 7. The molecule has 106 valence electrons. The zero-order chi connectivity index (χ0) is 13.5. The van der Waals surface area contributed by atoms with E-state index in [0.717, 1.165) is 18.9 Å². The van der Waals surface area contributed by atoms with Crippen LogP contribution in [0.1, 0.15) is 66.2 Å². The Hall–Kier alpha value is -0.370. The topological polar surface area (TPSA) is 26.3 Å². The Labute approximate surface area is 112 Å². The van der Waals surface area contributed by atoms with Crippen LogP contribution in [-0.4, -0.2) is 18.5 Å². The first-order valence-corrected chi connectivity index (χ1v) is 7.67. The SMILES string of the molecule is CCC(=O)CCCOC1CC(C)CCC1C(C)C.